The fraction of sp³-hybridized carbons (Fsp3) is 0.400. The third-order valence-electron chi connectivity index (χ3n) is 3.54. The maximum atomic E-state index is 4.34. The molecule has 3 nitrogen and oxygen atoms in total. The number of hydrogen-bond donors (Lipinski definition) is 1. The molecular weight excluding hydrogens is 254 g/mol. The smallest absolute Gasteiger partial charge is 0.115 e. The standard InChI is InChI=1S/C15H19N3S/c1-12(15-16-8-11-19-15)17-13-4-6-14(7-5-13)18-9-2-3-10-18/h4-8,11-12,17H,2-3,9-10H2,1H3. The second-order valence-corrected chi connectivity index (χ2v) is 5.90. The number of aromatic nitrogens is 1. The van der Waals surface area contributed by atoms with Crippen molar-refractivity contribution in [3.63, 3.8) is 0 Å². The van der Waals surface area contributed by atoms with Gasteiger partial charge in [0.15, 0.2) is 0 Å². The van der Waals surface area contributed by atoms with Gasteiger partial charge in [0, 0.05) is 36.0 Å². The van der Waals surface area contributed by atoms with Crippen molar-refractivity contribution in [1.29, 1.82) is 0 Å². The van der Waals surface area contributed by atoms with Crippen LogP contribution < -0.4 is 10.2 Å². The van der Waals surface area contributed by atoms with Gasteiger partial charge in [-0.15, -0.1) is 11.3 Å². The van der Waals surface area contributed by atoms with Gasteiger partial charge in [-0.2, -0.15) is 0 Å². The van der Waals surface area contributed by atoms with E-state index in [-0.39, 0.29) is 6.04 Å². The zero-order chi connectivity index (χ0) is 13.1. The van der Waals surface area contributed by atoms with Gasteiger partial charge in [-0.1, -0.05) is 0 Å². The Hall–Kier alpha value is -1.55. The summed E-state index contributed by atoms with van der Waals surface area (Å²) in [5.41, 5.74) is 2.50. The Morgan fingerprint density at radius 2 is 1.95 bits per heavy atom. The highest BCUT2D eigenvalue weighted by molar-refractivity contribution is 7.09. The summed E-state index contributed by atoms with van der Waals surface area (Å²) in [5, 5.41) is 6.64. The van der Waals surface area contributed by atoms with Crippen LogP contribution in [0.15, 0.2) is 35.8 Å². The van der Waals surface area contributed by atoms with Gasteiger partial charge in [-0.3, -0.25) is 0 Å². The first-order valence-electron chi connectivity index (χ1n) is 6.84. The largest absolute Gasteiger partial charge is 0.376 e. The highest BCUT2D eigenvalue weighted by Gasteiger charge is 2.12. The number of nitrogens with zero attached hydrogens (tertiary/aromatic N) is 2. The minimum Gasteiger partial charge on any atom is -0.376 e. The van der Waals surface area contributed by atoms with Crippen LogP contribution >= 0.6 is 11.3 Å². The van der Waals surface area contributed by atoms with E-state index in [1.165, 1.54) is 31.6 Å². The summed E-state index contributed by atoms with van der Waals surface area (Å²) in [6, 6.07) is 9.01. The predicted octanol–water partition coefficient (Wildman–Crippen LogP) is 3.92. The summed E-state index contributed by atoms with van der Waals surface area (Å²) < 4.78 is 0. The molecule has 1 fully saturated rings. The maximum Gasteiger partial charge on any atom is 0.115 e. The molecule has 0 spiro atoms. The van der Waals surface area contributed by atoms with Crippen LogP contribution in [0, 0.1) is 0 Å². The average molecular weight is 273 g/mol. The lowest BCUT2D eigenvalue weighted by molar-refractivity contribution is 0.869. The molecule has 0 radical (unpaired) electrons. The summed E-state index contributed by atoms with van der Waals surface area (Å²) in [7, 11) is 0. The summed E-state index contributed by atoms with van der Waals surface area (Å²) >= 11 is 1.69. The first-order valence-corrected chi connectivity index (χ1v) is 7.72. The molecule has 1 atom stereocenters. The summed E-state index contributed by atoms with van der Waals surface area (Å²) in [6.45, 7) is 4.54. The van der Waals surface area contributed by atoms with Crippen LogP contribution in [0.3, 0.4) is 0 Å². The lowest BCUT2D eigenvalue weighted by Gasteiger charge is -2.19. The number of thiazole rings is 1. The number of anilines is 2. The Balaban J connectivity index is 1.65. The molecule has 2 aromatic rings. The molecule has 2 heterocycles. The molecule has 3 rings (SSSR count). The van der Waals surface area contributed by atoms with Crippen molar-refractivity contribution in [2.75, 3.05) is 23.3 Å². The molecule has 1 aliphatic rings. The molecule has 1 aromatic carbocycles. The number of benzene rings is 1. The fourth-order valence-electron chi connectivity index (χ4n) is 2.50. The first-order chi connectivity index (χ1) is 9.33. The molecule has 19 heavy (non-hydrogen) atoms. The molecule has 0 bridgehead atoms. The summed E-state index contributed by atoms with van der Waals surface area (Å²) in [5.74, 6) is 0. The molecule has 0 amide bonds. The van der Waals surface area contributed by atoms with E-state index in [4.69, 9.17) is 0 Å². The van der Waals surface area contributed by atoms with Crippen LogP contribution in [0.1, 0.15) is 30.8 Å². The van der Waals surface area contributed by atoms with Gasteiger partial charge in [-0.05, 0) is 44.0 Å². The van der Waals surface area contributed by atoms with Crippen LogP contribution in [-0.2, 0) is 0 Å². The summed E-state index contributed by atoms with van der Waals surface area (Å²) in [4.78, 5) is 6.79. The van der Waals surface area contributed by atoms with Crippen molar-refractivity contribution in [2.24, 2.45) is 0 Å². The van der Waals surface area contributed by atoms with Crippen LogP contribution in [0.25, 0.3) is 0 Å². The van der Waals surface area contributed by atoms with Crippen LogP contribution in [0.5, 0.6) is 0 Å². The molecule has 100 valence electrons. The molecule has 4 heteroatoms. The molecule has 1 saturated heterocycles. The van der Waals surface area contributed by atoms with Crippen molar-refractivity contribution in [3.05, 3.63) is 40.8 Å². The van der Waals surface area contributed by atoms with Gasteiger partial charge in [0.25, 0.3) is 0 Å². The van der Waals surface area contributed by atoms with Gasteiger partial charge in [-0.25, -0.2) is 4.98 Å². The SMILES string of the molecule is CC(Nc1ccc(N2CCCC2)cc1)c1nccs1. The fourth-order valence-corrected chi connectivity index (χ4v) is 3.15. The van der Waals surface area contributed by atoms with E-state index in [0.29, 0.717) is 0 Å². The zero-order valence-electron chi connectivity index (χ0n) is 11.2. The second-order valence-electron chi connectivity index (χ2n) is 4.98. The van der Waals surface area contributed by atoms with Crippen LogP contribution in [0.2, 0.25) is 0 Å². The normalized spacial score (nSPS) is 16.6. The van der Waals surface area contributed by atoms with E-state index in [1.54, 1.807) is 11.3 Å². The van der Waals surface area contributed by atoms with Crippen LogP contribution in [0.4, 0.5) is 11.4 Å². The van der Waals surface area contributed by atoms with E-state index in [1.807, 2.05) is 11.6 Å². The Morgan fingerprint density at radius 3 is 2.58 bits per heavy atom. The Morgan fingerprint density at radius 1 is 1.21 bits per heavy atom. The quantitative estimate of drug-likeness (QED) is 0.915. The topological polar surface area (TPSA) is 28.2 Å². The highest BCUT2D eigenvalue weighted by atomic mass is 32.1. The second kappa shape index (κ2) is 5.61. The van der Waals surface area contributed by atoms with Crippen molar-refractivity contribution < 1.29 is 0 Å². The van der Waals surface area contributed by atoms with E-state index < -0.39 is 0 Å². The minimum absolute atomic E-state index is 0.262. The van der Waals surface area contributed by atoms with E-state index in [2.05, 4.69) is 46.4 Å². The van der Waals surface area contributed by atoms with Gasteiger partial charge in [0.2, 0.25) is 0 Å². The van der Waals surface area contributed by atoms with Crippen molar-refractivity contribution in [1.82, 2.24) is 4.98 Å². The first kappa shape index (κ1) is 12.5. The lowest BCUT2D eigenvalue weighted by atomic mass is 10.2. The number of hydrogen-bond acceptors (Lipinski definition) is 4. The van der Waals surface area contributed by atoms with E-state index in [0.717, 1.165) is 10.7 Å². The molecule has 1 aromatic heterocycles. The molecule has 0 saturated carbocycles. The maximum absolute atomic E-state index is 4.34. The molecule has 0 aliphatic carbocycles. The van der Waals surface area contributed by atoms with Gasteiger partial charge in [0.05, 0.1) is 6.04 Å². The Labute approximate surface area is 118 Å². The zero-order valence-corrected chi connectivity index (χ0v) is 12.0. The van der Waals surface area contributed by atoms with E-state index in [9.17, 15) is 0 Å². The van der Waals surface area contributed by atoms with Gasteiger partial charge in [0.1, 0.15) is 5.01 Å². The molecule has 1 unspecified atom stereocenters. The van der Waals surface area contributed by atoms with Gasteiger partial charge < -0.3 is 10.2 Å². The van der Waals surface area contributed by atoms with Gasteiger partial charge >= 0.3 is 0 Å². The monoisotopic (exact) mass is 273 g/mol. The Bertz CT molecular complexity index is 501. The predicted molar refractivity (Wildman–Crippen MR) is 82.0 cm³/mol. The minimum atomic E-state index is 0.262. The number of nitrogens with one attached hydrogen (secondary N) is 1. The van der Waals surface area contributed by atoms with Crippen molar-refractivity contribution in [2.45, 2.75) is 25.8 Å². The van der Waals surface area contributed by atoms with Crippen molar-refractivity contribution >= 4 is 22.7 Å². The third kappa shape index (κ3) is 2.89. The molecule has 1 aliphatic heterocycles. The van der Waals surface area contributed by atoms with E-state index >= 15 is 0 Å². The molecule has 1 N–H and O–H groups in total. The molecular formula is C15H19N3S. The Kier molecular flexibility index (Phi) is 3.69. The third-order valence-corrected chi connectivity index (χ3v) is 4.50. The summed E-state index contributed by atoms with van der Waals surface area (Å²) in [6.07, 6.45) is 4.50. The van der Waals surface area contributed by atoms with Crippen LogP contribution in [-0.4, -0.2) is 18.1 Å². The van der Waals surface area contributed by atoms with Crippen molar-refractivity contribution in [3.8, 4) is 0 Å². The average Bonchev–Trinajstić information content (AvgIpc) is 3.13. The lowest BCUT2D eigenvalue weighted by Crippen LogP contribution is -2.17. The number of rotatable bonds is 4. The highest BCUT2D eigenvalue weighted by Crippen LogP contribution is 2.25.